The quantitative estimate of drug-likeness (QED) is 0.890. The van der Waals surface area contributed by atoms with E-state index in [0.29, 0.717) is 24.3 Å². The number of nitrogens with zero attached hydrogens (tertiary/aromatic N) is 1. The highest BCUT2D eigenvalue weighted by Gasteiger charge is 2.29. The van der Waals surface area contributed by atoms with Gasteiger partial charge >= 0.3 is 0 Å². The average molecular weight is 248 g/mol. The first-order valence-corrected chi connectivity index (χ1v) is 6.17. The van der Waals surface area contributed by atoms with Gasteiger partial charge in [-0.2, -0.15) is 5.26 Å². The Balaban J connectivity index is 1.90. The number of ether oxygens (including phenoxy) is 1. The molecule has 0 radical (unpaired) electrons. The van der Waals surface area contributed by atoms with Crippen LogP contribution in [0.15, 0.2) is 18.2 Å². The van der Waals surface area contributed by atoms with Crippen molar-refractivity contribution in [3.8, 4) is 6.07 Å². The number of hydrogen-bond donors (Lipinski definition) is 1. The smallest absolute Gasteiger partial charge is 0.124 e. The predicted molar refractivity (Wildman–Crippen MR) is 66.2 cm³/mol. The lowest BCUT2D eigenvalue weighted by Crippen LogP contribution is -2.41. The van der Waals surface area contributed by atoms with Gasteiger partial charge in [0.05, 0.1) is 24.8 Å². The highest BCUT2D eigenvalue weighted by Crippen LogP contribution is 2.27. The molecule has 1 aliphatic carbocycles. The second-order valence-electron chi connectivity index (χ2n) is 5.02. The van der Waals surface area contributed by atoms with Crippen LogP contribution in [0.2, 0.25) is 0 Å². The maximum atomic E-state index is 13.2. The first-order valence-electron chi connectivity index (χ1n) is 6.17. The van der Waals surface area contributed by atoms with Crippen molar-refractivity contribution in [1.29, 1.82) is 5.26 Å². The Morgan fingerprint density at radius 3 is 2.72 bits per heavy atom. The highest BCUT2D eigenvalue weighted by molar-refractivity contribution is 5.33. The van der Waals surface area contributed by atoms with Crippen molar-refractivity contribution >= 4 is 0 Å². The van der Waals surface area contributed by atoms with Crippen molar-refractivity contribution in [2.75, 3.05) is 6.61 Å². The Morgan fingerprint density at radius 2 is 2.06 bits per heavy atom. The molecule has 3 nitrogen and oxygen atoms in total. The molecule has 1 aliphatic rings. The summed E-state index contributed by atoms with van der Waals surface area (Å²) in [5.74, 6) is -0.407. The Bertz CT molecular complexity index is 461. The minimum Gasteiger partial charge on any atom is -0.375 e. The predicted octanol–water partition coefficient (Wildman–Crippen LogP) is 2.49. The molecule has 0 bridgehead atoms. The molecule has 2 rings (SSSR count). The monoisotopic (exact) mass is 248 g/mol. The molecule has 0 atom stereocenters. The maximum Gasteiger partial charge on any atom is 0.124 e. The third-order valence-corrected chi connectivity index (χ3v) is 3.34. The van der Waals surface area contributed by atoms with Gasteiger partial charge < -0.3 is 10.5 Å². The first kappa shape index (κ1) is 13.0. The van der Waals surface area contributed by atoms with Gasteiger partial charge in [0, 0.05) is 5.54 Å². The van der Waals surface area contributed by atoms with E-state index in [1.807, 2.05) is 6.07 Å². The van der Waals surface area contributed by atoms with Crippen molar-refractivity contribution in [2.45, 2.75) is 37.8 Å². The molecule has 2 N–H and O–H groups in total. The second kappa shape index (κ2) is 5.47. The summed E-state index contributed by atoms with van der Waals surface area (Å²) in [6, 6.07) is 6.17. The molecule has 4 heteroatoms. The van der Waals surface area contributed by atoms with Crippen LogP contribution in [0.4, 0.5) is 4.39 Å². The summed E-state index contributed by atoms with van der Waals surface area (Å²) >= 11 is 0. The molecule has 0 spiro atoms. The standard InChI is InChI=1S/C14H17FN2O/c15-13-6-11(8-16)5-12(7-13)9-18-10-14(17)3-1-2-4-14/h5-7H,1-4,9-10,17H2. The van der Waals surface area contributed by atoms with Crippen molar-refractivity contribution in [3.63, 3.8) is 0 Å². The van der Waals surface area contributed by atoms with Crippen LogP contribution in [0.25, 0.3) is 0 Å². The lowest BCUT2D eigenvalue weighted by Gasteiger charge is -2.23. The summed E-state index contributed by atoms with van der Waals surface area (Å²) in [6.07, 6.45) is 4.27. The molecule has 0 amide bonds. The molecule has 0 aromatic heterocycles. The van der Waals surface area contributed by atoms with Gasteiger partial charge in [-0.1, -0.05) is 12.8 Å². The van der Waals surface area contributed by atoms with Crippen molar-refractivity contribution < 1.29 is 9.13 Å². The zero-order valence-electron chi connectivity index (χ0n) is 10.3. The van der Waals surface area contributed by atoms with Gasteiger partial charge in [0.1, 0.15) is 5.82 Å². The number of halogens is 1. The van der Waals surface area contributed by atoms with Crippen LogP contribution in [0.1, 0.15) is 36.8 Å². The summed E-state index contributed by atoms with van der Waals surface area (Å²) in [5, 5.41) is 8.75. The Hall–Kier alpha value is -1.44. The van der Waals surface area contributed by atoms with Gasteiger partial charge in [-0.05, 0) is 36.6 Å². The third-order valence-electron chi connectivity index (χ3n) is 3.34. The van der Waals surface area contributed by atoms with Crippen LogP contribution in [-0.2, 0) is 11.3 Å². The minimum atomic E-state index is -0.407. The number of rotatable bonds is 4. The molecule has 1 fully saturated rings. The van der Waals surface area contributed by atoms with Crippen LogP contribution in [-0.4, -0.2) is 12.1 Å². The van der Waals surface area contributed by atoms with Gasteiger partial charge in [0.15, 0.2) is 0 Å². The summed E-state index contributed by atoms with van der Waals surface area (Å²) in [6.45, 7) is 0.788. The van der Waals surface area contributed by atoms with Gasteiger partial charge in [-0.25, -0.2) is 4.39 Å². The van der Waals surface area contributed by atoms with Gasteiger partial charge in [-0.15, -0.1) is 0 Å². The van der Waals surface area contributed by atoms with E-state index in [1.54, 1.807) is 6.07 Å². The van der Waals surface area contributed by atoms with E-state index in [0.717, 1.165) is 25.7 Å². The minimum absolute atomic E-state index is 0.217. The second-order valence-corrected chi connectivity index (χ2v) is 5.02. The third kappa shape index (κ3) is 3.28. The van der Waals surface area contributed by atoms with Crippen LogP contribution in [0.3, 0.4) is 0 Å². The molecule has 0 saturated heterocycles. The van der Waals surface area contributed by atoms with E-state index in [2.05, 4.69) is 0 Å². The first-order chi connectivity index (χ1) is 8.61. The van der Waals surface area contributed by atoms with Crippen molar-refractivity contribution in [3.05, 3.63) is 35.1 Å². The van der Waals surface area contributed by atoms with E-state index >= 15 is 0 Å². The van der Waals surface area contributed by atoms with Gasteiger partial charge in [0.2, 0.25) is 0 Å². The molecule has 0 unspecified atom stereocenters. The van der Waals surface area contributed by atoms with Crippen LogP contribution in [0.5, 0.6) is 0 Å². The summed E-state index contributed by atoms with van der Waals surface area (Å²) in [4.78, 5) is 0. The van der Waals surface area contributed by atoms with E-state index < -0.39 is 5.82 Å². The lowest BCUT2D eigenvalue weighted by atomic mass is 10.0. The Kier molecular flexibility index (Phi) is 3.95. The number of hydrogen-bond acceptors (Lipinski definition) is 3. The van der Waals surface area contributed by atoms with Crippen molar-refractivity contribution in [2.24, 2.45) is 5.73 Å². The maximum absolute atomic E-state index is 13.2. The van der Waals surface area contributed by atoms with Gasteiger partial charge in [-0.3, -0.25) is 0 Å². The molecule has 1 aromatic rings. The molecule has 1 saturated carbocycles. The highest BCUT2D eigenvalue weighted by atomic mass is 19.1. The molecule has 0 heterocycles. The average Bonchev–Trinajstić information content (AvgIpc) is 2.75. The Labute approximate surface area is 106 Å². The summed E-state index contributed by atoms with van der Waals surface area (Å²) in [5.41, 5.74) is 6.93. The van der Waals surface area contributed by atoms with Crippen LogP contribution in [0, 0.1) is 17.1 Å². The fourth-order valence-electron chi connectivity index (χ4n) is 2.39. The Morgan fingerprint density at radius 1 is 1.33 bits per heavy atom. The van der Waals surface area contributed by atoms with Crippen LogP contribution < -0.4 is 5.73 Å². The summed E-state index contributed by atoms with van der Waals surface area (Å²) in [7, 11) is 0. The zero-order valence-corrected chi connectivity index (χ0v) is 10.3. The van der Waals surface area contributed by atoms with E-state index in [9.17, 15) is 4.39 Å². The normalized spacial score (nSPS) is 17.6. The molecule has 1 aromatic carbocycles. The SMILES string of the molecule is N#Cc1cc(F)cc(COCC2(N)CCCC2)c1. The molecular formula is C14H17FN2O. The molecule has 96 valence electrons. The van der Waals surface area contributed by atoms with Crippen molar-refractivity contribution in [1.82, 2.24) is 0 Å². The lowest BCUT2D eigenvalue weighted by molar-refractivity contribution is 0.0749. The number of benzene rings is 1. The summed E-state index contributed by atoms with van der Waals surface area (Å²) < 4.78 is 18.7. The topological polar surface area (TPSA) is 59.0 Å². The van der Waals surface area contributed by atoms with Gasteiger partial charge in [0.25, 0.3) is 0 Å². The van der Waals surface area contributed by atoms with E-state index in [4.69, 9.17) is 15.7 Å². The number of nitriles is 1. The molecule has 0 aliphatic heterocycles. The molecule has 18 heavy (non-hydrogen) atoms. The van der Waals surface area contributed by atoms with E-state index in [-0.39, 0.29) is 5.54 Å². The zero-order chi connectivity index (χ0) is 13.0. The molecular weight excluding hydrogens is 231 g/mol. The largest absolute Gasteiger partial charge is 0.375 e. The fraction of sp³-hybridized carbons (Fsp3) is 0.500. The number of nitrogens with two attached hydrogens (primary N) is 1. The van der Waals surface area contributed by atoms with Crippen LogP contribution >= 0.6 is 0 Å². The van der Waals surface area contributed by atoms with E-state index in [1.165, 1.54) is 12.1 Å². The fourth-order valence-corrected chi connectivity index (χ4v) is 2.39.